The normalized spacial score (nSPS) is 11.9. The van der Waals surface area contributed by atoms with Gasteiger partial charge in [-0.2, -0.15) is 0 Å². The minimum absolute atomic E-state index is 0.314. The highest BCUT2D eigenvalue weighted by molar-refractivity contribution is 9.10. The van der Waals surface area contributed by atoms with Gasteiger partial charge in [0.25, 0.3) is 0 Å². The van der Waals surface area contributed by atoms with Crippen LogP contribution in [-0.2, 0) is 0 Å². The largest absolute Gasteiger partial charge is 0.471 e. The van der Waals surface area contributed by atoms with E-state index in [-0.39, 0.29) is 6.03 Å². The molecule has 24 heavy (non-hydrogen) atoms. The lowest BCUT2D eigenvalue weighted by Gasteiger charge is -2.17. The van der Waals surface area contributed by atoms with Crippen molar-refractivity contribution in [3.05, 3.63) is 58.1 Å². The Morgan fingerprint density at radius 1 is 1.08 bits per heavy atom. The van der Waals surface area contributed by atoms with Gasteiger partial charge in [0.05, 0.1) is 5.69 Å². The lowest BCUT2D eigenvalue weighted by atomic mass is 10.0. The summed E-state index contributed by atoms with van der Waals surface area (Å²) in [6.07, 6.45) is -0.445. The van der Waals surface area contributed by atoms with Gasteiger partial charge < -0.3 is 15.4 Å². The van der Waals surface area contributed by atoms with Crippen LogP contribution in [0.1, 0.15) is 37.8 Å². The zero-order valence-electron chi connectivity index (χ0n) is 14.4. The van der Waals surface area contributed by atoms with E-state index >= 15 is 0 Å². The molecule has 0 saturated heterocycles. The smallest absolute Gasteiger partial charge is 0.322 e. The summed E-state index contributed by atoms with van der Waals surface area (Å²) >= 11 is 3.44. The summed E-state index contributed by atoms with van der Waals surface area (Å²) in [7, 11) is 0. The molecule has 0 aliphatic heterocycles. The summed E-state index contributed by atoms with van der Waals surface area (Å²) in [6, 6.07) is 13.3. The number of carbonyl (C=O) groups is 1. The lowest BCUT2D eigenvalue weighted by molar-refractivity contribution is 0.183. The van der Waals surface area contributed by atoms with E-state index in [4.69, 9.17) is 4.74 Å². The third-order valence-electron chi connectivity index (χ3n) is 3.57. The number of hydrogen-bond donors (Lipinski definition) is 2. The molecule has 2 aromatic carbocycles. The van der Waals surface area contributed by atoms with Gasteiger partial charge in [-0.15, -0.1) is 0 Å². The van der Waals surface area contributed by atoms with E-state index in [1.54, 1.807) is 6.92 Å². The van der Waals surface area contributed by atoms with E-state index in [0.717, 1.165) is 15.8 Å². The first kappa shape index (κ1) is 18.3. The van der Waals surface area contributed by atoms with Crippen LogP contribution in [0.4, 0.5) is 10.5 Å². The Bertz CT molecular complexity index is 699. The Hall–Kier alpha value is -2.01. The molecule has 2 rings (SSSR count). The van der Waals surface area contributed by atoms with E-state index in [9.17, 15) is 4.79 Å². The molecule has 0 fully saturated rings. The molecule has 1 unspecified atom stereocenters. The van der Waals surface area contributed by atoms with Gasteiger partial charge in [-0.25, -0.2) is 4.79 Å². The van der Waals surface area contributed by atoms with Gasteiger partial charge in [-0.05, 0) is 71.1 Å². The number of rotatable bonds is 5. The molecule has 4 nitrogen and oxygen atoms in total. The predicted molar refractivity (Wildman–Crippen MR) is 102 cm³/mol. The van der Waals surface area contributed by atoms with Gasteiger partial charge >= 0.3 is 6.03 Å². The summed E-state index contributed by atoms with van der Waals surface area (Å²) in [5.41, 5.74) is 3.09. The molecule has 0 radical (unpaired) electrons. The van der Waals surface area contributed by atoms with Crippen LogP contribution in [0, 0.1) is 6.92 Å². The fourth-order valence-electron chi connectivity index (χ4n) is 2.23. The monoisotopic (exact) mass is 390 g/mol. The van der Waals surface area contributed by atoms with E-state index in [2.05, 4.69) is 40.4 Å². The highest BCUT2D eigenvalue weighted by Crippen LogP contribution is 2.23. The zero-order valence-corrected chi connectivity index (χ0v) is 16.0. The topological polar surface area (TPSA) is 50.4 Å². The number of benzene rings is 2. The number of nitrogens with one attached hydrogen (secondary N) is 2. The maximum Gasteiger partial charge on any atom is 0.322 e. The lowest BCUT2D eigenvalue weighted by Crippen LogP contribution is -2.39. The van der Waals surface area contributed by atoms with Crippen molar-refractivity contribution in [3.8, 4) is 5.75 Å². The van der Waals surface area contributed by atoms with Gasteiger partial charge in [0.1, 0.15) is 5.75 Å². The van der Waals surface area contributed by atoms with Gasteiger partial charge in [0, 0.05) is 4.47 Å². The van der Waals surface area contributed by atoms with Crippen LogP contribution in [-0.4, -0.2) is 12.3 Å². The fourth-order valence-corrected chi connectivity index (χ4v) is 2.82. The van der Waals surface area contributed by atoms with Crippen LogP contribution in [0.15, 0.2) is 46.9 Å². The third kappa shape index (κ3) is 5.27. The maximum atomic E-state index is 12.1. The third-order valence-corrected chi connectivity index (χ3v) is 4.22. The number of halogens is 1. The molecular formula is C19H23BrN2O2. The summed E-state index contributed by atoms with van der Waals surface area (Å²) in [4.78, 5) is 12.1. The Morgan fingerprint density at radius 3 is 2.33 bits per heavy atom. The second-order valence-electron chi connectivity index (χ2n) is 6.07. The first-order valence-corrected chi connectivity index (χ1v) is 8.74. The van der Waals surface area contributed by atoms with E-state index in [0.29, 0.717) is 11.6 Å². The standard InChI is InChI=1S/C19H23BrN2O2/c1-12(2)15-6-8-16(9-7-15)24-14(4)21-19(23)22-18-10-5-13(3)11-17(18)20/h5-12,14H,1-4H3,(H2,21,22,23). The molecule has 0 saturated carbocycles. The Morgan fingerprint density at radius 2 is 1.75 bits per heavy atom. The Kier molecular flexibility index (Phi) is 6.26. The number of anilines is 1. The number of carbonyl (C=O) groups excluding carboxylic acids is 1. The molecule has 2 amide bonds. The van der Waals surface area contributed by atoms with Crippen molar-refractivity contribution in [1.82, 2.24) is 5.32 Å². The first-order valence-electron chi connectivity index (χ1n) is 7.95. The van der Waals surface area contributed by atoms with E-state index in [1.807, 2.05) is 49.4 Å². The summed E-state index contributed by atoms with van der Waals surface area (Å²) in [6.45, 7) is 8.08. The molecule has 2 aromatic rings. The van der Waals surface area contributed by atoms with Gasteiger partial charge in [0.2, 0.25) is 0 Å². The van der Waals surface area contributed by atoms with Crippen molar-refractivity contribution in [2.75, 3.05) is 5.32 Å². The molecule has 0 aliphatic rings. The molecule has 128 valence electrons. The number of hydrogen-bond acceptors (Lipinski definition) is 2. The quantitative estimate of drug-likeness (QED) is 0.668. The predicted octanol–water partition coefficient (Wildman–Crippen LogP) is 5.43. The summed E-state index contributed by atoms with van der Waals surface area (Å²) < 4.78 is 6.57. The SMILES string of the molecule is Cc1ccc(NC(=O)NC(C)Oc2ccc(C(C)C)cc2)c(Br)c1. The minimum atomic E-state index is -0.445. The average Bonchev–Trinajstić information content (AvgIpc) is 2.50. The molecule has 0 spiro atoms. The molecule has 5 heteroatoms. The molecular weight excluding hydrogens is 368 g/mol. The number of ether oxygens (including phenoxy) is 1. The zero-order chi connectivity index (χ0) is 17.7. The summed E-state index contributed by atoms with van der Waals surface area (Å²) in [5.74, 6) is 1.21. The minimum Gasteiger partial charge on any atom is -0.471 e. The molecule has 0 aliphatic carbocycles. The second kappa shape index (κ2) is 8.20. The average molecular weight is 391 g/mol. The van der Waals surface area contributed by atoms with Crippen molar-refractivity contribution in [2.24, 2.45) is 0 Å². The molecule has 0 aromatic heterocycles. The Labute approximate surface area is 151 Å². The van der Waals surface area contributed by atoms with E-state index < -0.39 is 6.23 Å². The highest BCUT2D eigenvalue weighted by Gasteiger charge is 2.10. The molecule has 2 N–H and O–H groups in total. The molecule has 0 bridgehead atoms. The fraction of sp³-hybridized carbons (Fsp3) is 0.316. The van der Waals surface area contributed by atoms with E-state index in [1.165, 1.54) is 5.56 Å². The highest BCUT2D eigenvalue weighted by atomic mass is 79.9. The van der Waals surface area contributed by atoms with Gasteiger partial charge in [-0.3, -0.25) is 0 Å². The first-order chi connectivity index (χ1) is 11.3. The van der Waals surface area contributed by atoms with Crippen LogP contribution in [0.2, 0.25) is 0 Å². The van der Waals surface area contributed by atoms with Crippen LogP contribution >= 0.6 is 15.9 Å². The summed E-state index contributed by atoms with van der Waals surface area (Å²) in [5, 5.41) is 5.56. The van der Waals surface area contributed by atoms with Crippen molar-refractivity contribution >= 4 is 27.6 Å². The van der Waals surface area contributed by atoms with Crippen molar-refractivity contribution in [2.45, 2.75) is 39.8 Å². The number of aryl methyl sites for hydroxylation is 1. The molecule has 1 atom stereocenters. The van der Waals surface area contributed by atoms with Crippen LogP contribution < -0.4 is 15.4 Å². The Balaban J connectivity index is 1.89. The molecule has 0 heterocycles. The second-order valence-corrected chi connectivity index (χ2v) is 6.92. The van der Waals surface area contributed by atoms with Gasteiger partial charge in [0.15, 0.2) is 6.23 Å². The van der Waals surface area contributed by atoms with Crippen LogP contribution in [0.5, 0.6) is 5.75 Å². The van der Waals surface area contributed by atoms with Crippen LogP contribution in [0.3, 0.4) is 0 Å². The van der Waals surface area contributed by atoms with Crippen molar-refractivity contribution in [1.29, 1.82) is 0 Å². The van der Waals surface area contributed by atoms with Crippen LogP contribution in [0.25, 0.3) is 0 Å². The van der Waals surface area contributed by atoms with Gasteiger partial charge in [-0.1, -0.05) is 32.0 Å². The van der Waals surface area contributed by atoms with Crippen molar-refractivity contribution < 1.29 is 9.53 Å². The number of amides is 2. The van der Waals surface area contributed by atoms with Crippen molar-refractivity contribution in [3.63, 3.8) is 0 Å². The number of urea groups is 1. The maximum absolute atomic E-state index is 12.1.